The fourth-order valence-corrected chi connectivity index (χ4v) is 6.41. The molecule has 0 aliphatic heterocycles. The largest absolute Gasteiger partial charge is 0.328 e. The van der Waals surface area contributed by atoms with Crippen molar-refractivity contribution in [2.24, 2.45) is 0 Å². The monoisotopic (exact) mass is 770 g/mol. The van der Waals surface area contributed by atoms with Crippen molar-refractivity contribution in [3.63, 3.8) is 0 Å². The van der Waals surface area contributed by atoms with Crippen molar-refractivity contribution in [1.29, 1.82) is 5.26 Å². The minimum Gasteiger partial charge on any atom is -0.303 e. The van der Waals surface area contributed by atoms with Crippen LogP contribution in [0, 0.1) is 29.5 Å². The van der Waals surface area contributed by atoms with Crippen molar-refractivity contribution >= 4 is 50.1 Å². The maximum atomic E-state index is 13.2. The van der Waals surface area contributed by atoms with Crippen molar-refractivity contribution < 1.29 is 8.78 Å². The van der Waals surface area contributed by atoms with Crippen LogP contribution in [0.4, 0.5) is 14.5 Å². The normalized spacial score (nSPS) is 11.2. The molecule has 6 heterocycles. The van der Waals surface area contributed by atoms with Gasteiger partial charge >= 0.3 is 11.4 Å². The summed E-state index contributed by atoms with van der Waals surface area (Å²) in [6.07, 6.45) is 6.22. The molecule has 0 fully saturated rings. The van der Waals surface area contributed by atoms with Gasteiger partial charge in [0.05, 0.1) is 65.8 Å². The molecule has 18 heteroatoms. The number of imidazole rings is 4. The Morgan fingerprint density at radius 1 is 0.655 bits per heavy atom. The van der Waals surface area contributed by atoms with Gasteiger partial charge < -0.3 is 9.97 Å². The molecule has 0 aliphatic carbocycles. The topological polar surface area (TPSA) is 191 Å². The number of nitrogens with zero attached hydrogens (tertiary/aromatic N) is 12. The van der Waals surface area contributed by atoms with Gasteiger partial charge in [0.2, 0.25) is 11.9 Å². The van der Waals surface area contributed by atoms with Crippen LogP contribution >= 0.6 is 0 Å². The molecular formula is C40H24F2N14O2. The molecule has 4 aromatic carbocycles. The first-order chi connectivity index (χ1) is 28.2. The van der Waals surface area contributed by atoms with E-state index in [1.807, 2.05) is 0 Å². The van der Waals surface area contributed by atoms with Crippen LogP contribution in [0.15, 0.2) is 120 Å². The molecule has 58 heavy (non-hydrogen) atoms. The van der Waals surface area contributed by atoms with Gasteiger partial charge in [0.25, 0.3) is 0 Å². The minimum atomic E-state index is -0.338. The van der Waals surface area contributed by atoms with Crippen LogP contribution in [0.25, 0.3) is 61.1 Å². The zero-order valence-corrected chi connectivity index (χ0v) is 29.7. The van der Waals surface area contributed by atoms with Gasteiger partial charge in [0.1, 0.15) is 35.3 Å². The highest BCUT2D eigenvalue weighted by Crippen LogP contribution is 2.23. The highest BCUT2D eigenvalue weighted by molar-refractivity contribution is 5.82. The first-order valence-electron chi connectivity index (χ1n) is 17.4. The molecule has 16 nitrogen and oxygen atoms in total. The Kier molecular flexibility index (Phi) is 8.60. The summed E-state index contributed by atoms with van der Waals surface area (Å²) in [5.74, 6) is -0.00266. The van der Waals surface area contributed by atoms with E-state index < -0.39 is 0 Å². The molecule has 10 rings (SSSR count). The summed E-state index contributed by atoms with van der Waals surface area (Å²) >= 11 is 0. The summed E-state index contributed by atoms with van der Waals surface area (Å²) in [7, 11) is 0. The molecular weight excluding hydrogens is 747 g/mol. The molecule has 0 amide bonds. The number of aromatic amines is 2. The number of hydrogen-bond acceptors (Lipinski definition) is 9. The number of fused-ring (bicyclic) bond motifs is 4. The molecule has 0 spiro atoms. The maximum absolute atomic E-state index is 13.2. The number of nitrogens with one attached hydrogen (secondary N) is 2. The Morgan fingerprint density at radius 3 is 1.72 bits per heavy atom. The lowest BCUT2D eigenvalue weighted by Gasteiger charge is -2.06. The molecule has 0 radical (unpaired) electrons. The lowest BCUT2D eigenvalue weighted by Crippen LogP contribution is -2.18. The van der Waals surface area contributed by atoms with Crippen molar-refractivity contribution in [2.45, 2.75) is 13.1 Å². The standard InChI is InChI=1S/2C20H12FN7O/c1-22-14-6-7-15-17(8-14)28(11-24-15)19-23-9-16-18(26-19)27(20(29)25-16)10-12-2-4-13(21)5-3-12;21-14-4-1-12(2-5-14)10-27-18-16(25-20(27)29)9-23-19(26-18)28-11-24-15-7-13(8-22)3-6-17(15)28/h2-9,11H,10H2,(H,25,29);1-7,9,11H,10H2,(H,25,29). The summed E-state index contributed by atoms with van der Waals surface area (Å²) in [5.41, 5.74) is 6.50. The molecule has 0 bridgehead atoms. The second-order valence-electron chi connectivity index (χ2n) is 12.9. The molecule has 6 aromatic heterocycles. The average Bonchev–Trinajstić information content (AvgIpc) is 4.02. The van der Waals surface area contributed by atoms with Crippen LogP contribution in [0.3, 0.4) is 0 Å². The van der Waals surface area contributed by atoms with E-state index in [-0.39, 0.29) is 36.1 Å². The lowest BCUT2D eigenvalue weighted by atomic mass is 10.2. The molecule has 280 valence electrons. The Balaban J connectivity index is 0.000000150. The van der Waals surface area contributed by atoms with Gasteiger partial charge in [0, 0.05) is 0 Å². The number of nitriles is 1. The second kappa shape index (κ2) is 14.2. The minimum absolute atomic E-state index is 0.238. The van der Waals surface area contributed by atoms with Crippen molar-refractivity contribution in [3.05, 3.63) is 171 Å². The molecule has 0 saturated heterocycles. The third-order valence-corrected chi connectivity index (χ3v) is 9.27. The maximum Gasteiger partial charge on any atom is 0.328 e. The molecule has 0 saturated carbocycles. The highest BCUT2D eigenvalue weighted by Gasteiger charge is 2.16. The molecule has 0 atom stereocenters. The summed E-state index contributed by atoms with van der Waals surface area (Å²) in [6.45, 7) is 7.68. The van der Waals surface area contributed by atoms with Crippen molar-refractivity contribution in [3.8, 4) is 18.0 Å². The van der Waals surface area contributed by atoms with Gasteiger partial charge in [-0.2, -0.15) is 15.2 Å². The van der Waals surface area contributed by atoms with E-state index >= 15 is 0 Å². The molecule has 0 unspecified atom stereocenters. The SMILES string of the molecule is N#Cc1ccc2c(c1)ncn2-c1ncc2[nH]c(=O)n(Cc3ccc(F)cc3)c2n1.[C-]#[N+]c1ccc2ncn(-c3ncc4[nH]c(=O)n(Cc5ccc(F)cc5)c4n3)c2c1. The zero-order chi connectivity index (χ0) is 39.9. The number of hydrogen-bond donors (Lipinski definition) is 2. The van der Waals surface area contributed by atoms with E-state index in [0.717, 1.165) is 16.6 Å². The third kappa shape index (κ3) is 6.48. The van der Waals surface area contributed by atoms with E-state index in [9.17, 15) is 18.4 Å². The molecule has 10 aromatic rings. The van der Waals surface area contributed by atoms with Crippen molar-refractivity contribution in [2.75, 3.05) is 0 Å². The number of benzene rings is 4. The van der Waals surface area contributed by atoms with E-state index in [0.29, 0.717) is 62.0 Å². The predicted octanol–water partition coefficient (Wildman–Crippen LogP) is 5.71. The Morgan fingerprint density at radius 2 is 1.19 bits per heavy atom. The van der Waals surface area contributed by atoms with Gasteiger partial charge in [-0.15, -0.1) is 0 Å². The third-order valence-electron chi connectivity index (χ3n) is 9.27. The first kappa shape index (κ1) is 35.1. The Bertz CT molecular complexity index is 3400. The van der Waals surface area contributed by atoms with Gasteiger partial charge in [-0.05, 0) is 65.7 Å². The molecule has 0 aliphatic rings. The van der Waals surface area contributed by atoms with E-state index in [1.165, 1.54) is 45.8 Å². The van der Waals surface area contributed by atoms with Crippen molar-refractivity contribution in [1.82, 2.24) is 58.1 Å². The number of halogens is 2. The van der Waals surface area contributed by atoms with Gasteiger partial charge in [-0.3, -0.25) is 18.3 Å². The van der Waals surface area contributed by atoms with Gasteiger partial charge in [0.15, 0.2) is 17.0 Å². The van der Waals surface area contributed by atoms with Crippen LogP contribution in [-0.4, -0.2) is 58.1 Å². The molecule has 2 N–H and O–H groups in total. The fourth-order valence-electron chi connectivity index (χ4n) is 6.41. The van der Waals surface area contributed by atoms with Gasteiger partial charge in [-0.1, -0.05) is 30.3 Å². The first-order valence-corrected chi connectivity index (χ1v) is 17.4. The van der Waals surface area contributed by atoms with Crippen LogP contribution < -0.4 is 11.4 Å². The highest BCUT2D eigenvalue weighted by atomic mass is 19.1. The van der Waals surface area contributed by atoms with Gasteiger partial charge in [-0.25, -0.2) is 43.2 Å². The number of rotatable bonds is 6. The van der Waals surface area contributed by atoms with Crippen LogP contribution in [-0.2, 0) is 13.1 Å². The van der Waals surface area contributed by atoms with Crippen LogP contribution in [0.1, 0.15) is 16.7 Å². The Hall–Kier alpha value is -8.64. The lowest BCUT2D eigenvalue weighted by molar-refractivity contribution is 0.625. The summed E-state index contributed by atoms with van der Waals surface area (Å²) < 4.78 is 32.6. The van der Waals surface area contributed by atoms with E-state index in [4.69, 9.17) is 11.8 Å². The predicted molar refractivity (Wildman–Crippen MR) is 208 cm³/mol. The van der Waals surface area contributed by atoms with E-state index in [1.54, 1.807) is 82.5 Å². The van der Waals surface area contributed by atoms with Crippen LogP contribution in [0.5, 0.6) is 0 Å². The number of H-pyrrole nitrogens is 2. The average molecular weight is 771 g/mol. The quantitative estimate of drug-likeness (QED) is 0.199. The fraction of sp³-hybridized carbons (Fsp3) is 0.0500. The zero-order valence-electron chi connectivity index (χ0n) is 29.7. The summed E-state index contributed by atoms with van der Waals surface area (Å²) in [5, 5.41) is 9.04. The smallest absolute Gasteiger partial charge is 0.303 e. The Labute approximate surface area is 323 Å². The van der Waals surface area contributed by atoms with E-state index in [2.05, 4.69) is 50.8 Å². The summed E-state index contributed by atoms with van der Waals surface area (Å²) in [6, 6.07) is 24.3. The number of aromatic nitrogens is 12. The van der Waals surface area contributed by atoms with Crippen LogP contribution in [0.2, 0.25) is 0 Å². The summed E-state index contributed by atoms with van der Waals surface area (Å²) in [4.78, 5) is 60.1. The second-order valence-corrected chi connectivity index (χ2v) is 12.9.